The van der Waals surface area contributed by atoms with E-state index in [1.807, 2.05) is 60.7 Å². The van der Waals surface area contributed by atoms with Crippen molar-refractivity contribution < 1.29 is 18.8 Å². The molecule has 0 amide bonds. The molecule has 3 aromatic carbocycles. The van der Waals surface area contributed by atoms with Crippen LogP contribution in [0.3, 0.4) is 0 Å². The Morgan fingerprint density at radius 1 is 0.844 bits per heavy atom. The van der Waals surface area contributed by atoms with E-state index in [0.29, 0.717) is 25.2 Å². The number of benzene rings is 3. The van der Waals surface area contributed by atoms with Gasteiger partial charge in [-0.15, -0.1) is 0 Å². The summed E-state index contributed by atoms with van der Waals surface area (Å²) in [7, 11) is 0. The third kappa shape index (κ3) is 5.85. The van der Waals surface area contributed by atoms with Crippen molar-refractivity contribution in [3.63, 3.8) is 0 Å². The molecule has 0 aliphatic heterocycles. The third-order valence-corrected chi connectivity index (χ3v) is 5.07. The predicted octanol–water partition coefficient (Wildman–Crippen LogP) is 5.41. The molecule has 4 rings (SSSR count). The van der Waals surface area contributed by atoms with E-state index in [-0.39, 0.29) is 18.5 Å². The predicted molar refractivity (Wildman–Crippen MR) is 122 cm³/mol. The Labute approximate surface area is 187 Å². The average molecular weight is 428 g/mol. The number of aromatic nitrogens is 1. The van der Waals surface area contributed by atoms with Crippen LogP contribution in [0, 0.1) is 0 Å². The smallest absolute Gasteiger partial charge is 0.344 e. The van der Waals surface area contributed by atoms with E-state index in [0.717, 1.165) is 22.6 Å². The highest BCUT2D eigenvalue weighted by atomic mass is 16.6. The maximum atomic E-state index is 11.9. The highest BCUT2D eigenvalue weighted by molar-refractivity contribution is 5.71. The van der Waals surface area contributed by atoms with Crippen molar-refractivity contribution in [1.29, 1.82) is 0 Å². The quantitative estimate of drug-likeness (QED) is 0.250. The lowest BCUT2D eigenvalue weighted by Crippen LogP contribution is -2.15. The molecule has 5 heteroatoms. The lowest BCUT2D eigenvalue weighted by Gasteiger charge is -2.14. The van der Waals surface area contributed by atoms with Crippen LogP contribution in [0.5, 0.6) is 5.75 Å². The van der Waals surface area contributed by atoms with E-state index in [1.54, 1.807) is 12.1 Å². The molecule has 0 atom stereocenters. The number of hydrogen-bond donors (Lipinski definition) is 0. The van der Waals surface area contributed by atoms with E-state index < -0.39 is 0 Å². The van der Waals surface area contributed by atoms with Crippen LogP contribution in [-0.2, 0) is 16.0 Å². The van der Waals surface area contributed by atoms with Gasteiger partial charge in [-0.05, 0) is 36.1 Å². The Hall–Kier alpha value is -3.86. The van der Waals surface area contributed by atoms with Gasteiger partial charge >= 0.3 is 5.97 Å². The standard InChI is InChI=1S/C27H25NO4/c29-26(20-31-24-16-8-3-9-17-24)30-18-10-15-23-19-25(32-28-23)27(21-11-4-1-5-12-21)22-13-6-2-7-14-22/h1-9,11-14,16-17,19,27H,10,15,18,20H2. The van der Waals surface area contributed by atoms with Crippen molar-refractivity contribution in [1.82, 2.24) is 5.16 Å². The number of carbonyl (C=O) groups is 1. The van der Waals surface area contributed by atoms with Crippen LogP contribution in [0.15, 0.2) is 102 Å². The maximum Gasteiger partial charge on any atom is 0.344 e. The van der Waals surface area contributed by atoms with Gasteiger partial charge in [0.2, 0.25) is 0 Å². The fourth-order valence-corrected chi connectivity index (χ4v) is 3.53. The summed E-state index contributed by atoms with van der Waals surface area (Å²) >= 11 is 0. The van der Waals surface area contributed by atoms with Crippen LogP contribution in [-0.4, -0.2) is 24.3 Å². The summed E-state index contributed by atoms with van der Waals surface area (Å²) in [6, 6.07) is 31.7. The molecule has 0 aliphatic rings. The normalized spacial score (nSPS) is 10.8. The van der Waals surface area contributed by atoms with Gasteiger partial charge in [-0.2, -0.15) is 0 Å². The van der Waals surface area contributed by atoms with E-state index >= 15 is 0 Å². The maximum absolute atomic E-state index is 11.9. The van der Waals surface area contributed by atoms with E-state index in [4.69, 9.17) is 14.0 Å². The van der Waals surface area contributed by atoms with Gasteiger partial charge in [0.1, 0.15) is 11.5 Å². The van der Waals surface area contributed by atoms with Crippen LogP contribution in [0.1, 0.15) is 34.9 Å². The van der Waals surface area contributed by atoms with E-state index in [9.17, 15) is 4.79 Å². The summed E-state index contributed by atoms with van der Waals surface area (Å²) < 4.78 is 16.4. The molecule has 0 bridgehead atoms. The molecule has 5 nitrogen and oxygen atoms in total. The molecule has 0 unspecified atom stereocenters. The number of aryl methyl sites for hydroxylation is 1. The van der Waals surface area contributed by atoms with Crippen molar-refractivity contribution in [2.45, 2.75) is 18.8 Å². The van der Waals surface area contributed by atoms with Gasteiger partial charge in [-0.3, -0.25) is 0 Å². The zero-order valence-corrected chi connectivity index (χ0v) is 17.7. The molecule has 1 aromatic heterocycles. The fraction of sp³-hybridized carbons (Fsp3) is 0.185. The molecule has 0 saturated heterocycles. The molecule has 0 spiro atoms. The Bertz CT molecular complexity index is 1050. The summed E-state index contributed by atoms with van der Waals surface area (Å²) in [5, 5.41) is 4.24. The zero-order valence-electron chi connectivity index (χ0n) is 17.7. The van der Waals surface area contributed by atoms with Crippen LogP contribution in [0.4, 0.5) is 0 Å². The zero-order chi connectivity index (χ0) is 22.0. The van der Waals surface area contributed by atoms with Crippen LogP contribution < -0.4 is 4.74 Å². The Kier molecular flexibility index (Phi) is 7.32. The van der Waals surface area contributed by atoms with Gasteiger partial charge in [0.05, 0.1) is 18.2 Å². The molecule has 1 heterocycles. The number of ether oxygens (including phenoxy) is 2. The Balaban J connectivity index is 1.30. The number of nitrogens with zero attached hydrogens (tertiary/aromatic N) is 1. The molecule has 0 N–H and O–H groups in total. The van der Waals surface area contributed by atoms with Crippen molar-refractivity contribution >= 4 is 5.97 Å². The molecule has 32 heavy (non-hydrogen) atoms. The van der Waals surface area contributed by atoms with Gasteiger partial charge in [0.25, 0.3) is 0 Å². The first kappa shape index (κ1) is 21.4. The molecular weight excluding hydrogens is 402 g/mol. The van der Waals surface area contributed by atoms with Gasteiger partial charge in [0, 0.05) is 6.07 Å². The van der Waals surface area contributed by atoms with Crippen LogP contribution >= 0.6 is 0 Å². The molecule has 0 fully saturated rings. The van der Waals surface area contributed by atoms with E-state index in [1.165, 1.54) is 0 Å². The van der Waals surface area contributed by atoms with Gasteiger partial charge in [-0.1, -0.05) is 84.0 Å². The first-order valence-corrected chi connectivity index (χ1v) is 10.7. The SMILES string of the molecule is O=C(COc1ccccc1)OCCCc1cc(C(c2ccccc2)c2ccccc2)on1. The summed E-state index contributed by atoms with van der Waals surface area (Å²) in [6.07, 6.45) is 1.32. The minimum Gasteiger partial charge on any atom is -0.482 e. The number of para-hydroxylation sites is 1. The highest BCUT2D eigenvalue weighted by Crippen LogP contribution is 2.32. The monoisotopic (exact) mass is 427 g/mol. The first-order valence-electron chi connectivity index (χ1n) is 10.7. The summed E-state index contributed by atoms with van der Waals surface area (Å²) in [5.41, 5.74) is 3.14. The van der Waals surface area contributed by atoms with Crippen molar-refractivity contribution in [2.75, 3.05) is 13.2 Å². The average Bonchev–Trinajstić information content (AvgIpc) is 3.31. The highest BCUT2D eigenvalue weighted by Gasteiger charge is 2.21. The van der Waals surface area contributed by atoms with Gasteiger partial charge in [-0.25, -0.2) is 4.79 Å². The second kappa shape index (κ2) is 11.0. The van der Waals surface area contributed by atoms with Crippen molar-refractivity contribution in [3.05, 3.63) is 120 Å². The van der Waals surface area contributed by atoms with Crippen LogP contribution in [0.2, 0.25) is 0 Å². The third-order valence-electron chi connectivity index (χ3n) is 5.07. The molecule has 0 saturated carbocycles. The number of carbonyl (C=O) groups excluding carboxylic acids is 1. The minimum absolute atomic E-state index is 0.0217. The first-order chi connectivity index (χ1) is 15.8. The van der Waals surface area contributed by atoms with Crippen LogP contribution in [0.25, 0.3) is 0 Å². The van der Waals surface area contributed by atoms with Gasteiger partial charge in [0.15, 0.2) is 6.61 Å². The lowest BCUT2D eigenvalue weighted by molar-refractivity contribution is -0.146. The molecule has 0 radical (unpaired) electrons. The lowest BCUT2D eigenvalue weighted by atomic mass is 9.89. The summed E-state index contributed by atoms with van der Waals surface area (Å²) in [6.45, 7) is 0.202. The second-order valence-corrected chi connectivity index (χ2v) is 7.40. The molecule has 4 aromatic rings. The minimum atomic E-state index is -0.386. The number of rotatable bonds is 10. The number of hydrogen-bond acceptors (Lipinski definition) is 5. The molecule has 162 valence electrons. The number of esters is 1. The molecular formula is C27H25NO4. The fourth-order valence-electron chi connectivity index (χ4n) is 3.53. The summed E-state index contributed by atoms with van der Waals surface area (Å²) in [5.74, 6) is 1.03. The summed E-state index contributed by atoms with van der Waals surface area (Å²) in [4.78, 5) is 11.9. The van der Waals surface area contributed by atoms with Crippen molar-refractivity contribution in [3.8, 4) is 5.75 Å². The largest absolute Gasteiger partial charge is 0.482 e. The van der Waals surface area contributed by atoms with E-state index in [2.05, 4.69) is 29.4 Å². The molecule has 0 aliphatic carbocycles. The second-order valence-electron chi connectivity index (χ2n) is 7.40. The Morgan fingerprint density at radius 2 is 1.44 bits per heavy atom. The Morgan fingerprint density at radius 3 is 2.06 bits per heavy atom. The van der Waals surface area contributed by atoms with Gasteiger partial charge < -0.3 is 14.0 Å². The topological polar surface area (TPSA) is 61.6 Å². The van der Waals surface area contributed by atoms with Crippen molar-refractivity contribution in [2.24, 2.45) is 0 Å².